The van der Waals surface area contributed by atoms with Crippen molar-refractivity contribution in [1.29, 1.82) is 0 Å². The van der Waals surface area contributed by atoms with Gasteiger partial charge in [-0.15, -0.1) is 0 Å². The van der Waals surface area contributed by atoms with Gasteiger partial charge in [-0.25, -0.2) is 0 Å². The average molecular weight is 562 g/mol. The Kier molecular flexibility index (Phi) is 5.54. The molecule has 0 saturated heterocycles. The fourth-order valence-electron chi connectivity index (χ4n) is 6.79. The Balaban J connectivity index is 1.20. The molecule has 2 nitrogen and oxygen atoms in total. The second-order valence-electron chi connectivity index (χ2n) is 11.3. The van der Waals surface area contributed by atoms with Gasteiger partial charge in [0.2, 0.25) is 0 Å². The highest BCUT2D eigenvalue weighted by atomic mass is 16.3. The van der Waals surface area contributed by atoms with E-state index >= 15 is 0 Å². The maximum atomic E-state index is 6.50. The van der Waals surface area contributed by atoms with Crippen LogP contribution in [0.15, 0.2) is 168 Å². The summed E-state index contributed by atoms with van der Waals surface area (Å²) in [5.74, 6) is 0. The molecule has 0 aliphatic carbocycles. The topological polar surface area (TPSA) is 18.1 Å². The minimum absolute atomic E-state index is 0.891. The first-order chi connectivity index (χ1) is 21.8. The number of hydrogen-bond donors (Lipinski definition) is 0. The van der Waals surface area contributed by atoms with E-state index in [1.165, 1.54) is 55.2 Å². The highest BCUT2D eigenvalue weighted by Crippen LogP contribution is 2.42. The standard InChI is InChI=1S/C42H27NO/c1-2-10-28(11-3-1)29-20-22-30(23-21-29)31-24-26-32(27-25-31)33-14-8-18-39-41(33)42-38(17-9-19-40(42)44-39)43-36-15-6-4-12-34(36)35-13-5-7-16-37(35)43/h1-27H. The number of para-hydroxylation sites is 2. The van der Waals surface area contributed by atoms with E-state index in [0.717, 1.165) is 27.6 Å². The van der Waals surface area contributed by atoms with Crippen LogP contribution in [0.1, 0.15) is 0 Å². The monoisotopic (exact) mass is 561 g/mol. The number of nitrogens with zero attached hydrogens (tertiary/aromatic N) is 1. The molecular formula is C42H27NO. The van der Waals surface area contributed by atoms with Gasteiger partial charge in [0.25, 0.3) is 0 Å². The summed E-state index contributed by atoms with van der Waals surface area (Å²) in [4.78, 5) is 0. The zero-order chi connectivity index (χ0) is 29.0. The number of fused-ring (bicyclic) bond motifs is 6. The minimum Gasteiger partial charge on any atom is -0.456 e. The first kappa shape index (κ1) is 24.7. The predicted molar refractivity (Wildman–Crippen MR) is 184 cm³/mol. The molecule has 0 fully saturated rings. The third-order valence-corrected chi connectivity index (χ3v) is 8.84. The molecule has 0 spiro atoms. The Labute approximate surface area is 255 Å². The van der Waals surface area contributed by atoms with E-state index in [0.29, 0.717) is 0 Å². The molecule has 0 radical (unpaired) electrons. The van der Waals surface area contributed by atoms with Crippen molar-refractivity contribution in [1.82, 2.24) is 4.57 Å². The molecule has 0 saturated carbocycles. The summed E-state index contributed by atoms with van der Waals surface area (Å²) in [6, 6.07) is 58.3. The molecule has 0 bridgehead atoms. The molecule has 2 heterocycles. The lowest BCUT2D eigenvalue weighted by Crippen LogP contribution is -1.94. The summed E-state index contributed by atoms with van der Waals surface area (Å²) in [6.45, 7) is 0. The van der Waals surface area contributed by atoms with Crippen LogP contribution < -0.4 is 0 Å². The lowest BCUT2D eigenvalue weighted by Gasteiger charge is -2.11. The van der Waals surface area contributed by atoms with Gasteiger partial charge < -0.3 is 8.98 Å². The van der Waals surface area contributed by atoms with Gasteiger partial charge >= 0.3 is 0 Å². The third-order valence-electron chi connectivity index (χ3n) is 8.84. The Morgan fingerprint density at radius 2 is 0.818 bits per heavy atom. The van der Waals surface area contributed by atoms with Crippen LogP contribution in [0.4, 0.5) is 0 Å². The molecule has 2 aromatic heterocycles. The van der Waals surface area contributed by atoms with Gasteiger partial charge in [-0.3, -0.25) is 0 Å². The number of aromatic nitrogens is 1. The average Bonchev–Trinajstić information content (AvgIpc) is 3.65. The maximum Gasteiger partial charge on any atom is 0.137 e. The van der Waals surface area contributed by atoms with Crippen LogP contribution >= 0.6 is 0 Å². The number of rotatable bonds is 4. The number of furan rings is 1. The summed E-state index contributed by atoms with van der Waals surface area (Å²) in [5, 5.41) is 4.77. The Morgan fingerprint density at radius 3 is 1.43 bits per heavy atom. The van der Waals surface area contributed by atoms with Gasteiger partial charge in [0.05, 0.1) is 22.1 Å². The summed E-state index contributed by atoms with van der Waals surface area (Å²) >= 11 is 0. The van der Waals surface area contributed by atoms with E-state index in [-0.39, 0.29) is 0 Å². The Hall–Kier alpha value is -5.86. The van der Waals surface area contributed by atoms with E-state index in [4.69, 9.17) is 4.42 Å². The van der Waals surface area contributed by atoms with Crippen molar-refractivity contribution in [3.05, 3.63) is 164 Å². The molecule has 206 valence electrons. The van der Waals surface area contributed by atoms with Crippen LogP contribution in [0.3, 0.4) is 0 Å². The first-order valence-corrected chi connectivity index (χ1v) is 15.0. The van der Waals surface area contributed by atoms with Crippen molar-refractivity contribution in [2.45, 2.75) is 0 Å². The van der Waals surface area contributed by atoms with Crippen LogP contribution in [0.25, 0.3) is 82.8 Å². The van der Waals surface area contributed by atoms with Gasteiger partial charge in [0.1, 0.15) is 11.2 Å². The SMILES string of the molecule is c1ccc(-c2ccc(-c3ccc(-c4cccc5oc6cccc(-n7c8ccccc8c8ccccc87)c6c45)cc3)cc2)cc1. The molecular weight excluding hydrogens is 534 g/mol. The van der Waals surface area contributed by atoms with Crippen molar-refractivity contribution in [2.75, 3.05) is 0 Å². The normalized spacial score (nSPS) is 11.6. The molecule has 44 heavy (non-hydrogen) atoms. The molecule has 0 aliphatic heterocycles. The van der Waals surface area contributed by atoms with Gasteiger partial charge in [0, 0.05) is 16.2 Å². The molecule has 9 rings (SSSR count). The van der Waals surface area contributed by atoms with Crippen LogP contribution in [0.2, 0.25) is 0 Å². The first-order valence-electron chi connectivity index (χ1n) is 15.0. The van der Waals surface area contributed by atoms with E-state index < -0.39 is 0 Å². The second-order valence-corrected chi connectivity index (χ2v) is 11.3. The summed E-state index contributed by atoms with van der Waals surface area (Å²) < 4.78 is 8.89. The third kappa shape index (κ3) is 3.82. The zero-order valence-electron chi connectivity index (χ0n) is 23.9. The highest BCUT2D eigenvalue weighted by Gasteiger charge is 2.19. The highest BCUT2D eigenvalue weighted by molar-refractivity contribution is 6.18. The maximum absolute atomic E-state index is 6.50. The molecule has 0 aliphatic rings. The molecule has 0 amide bonds. The molecule has 0 unspecified atom stereocenters. The van der Waals surface area contributed by atoms with Crippen molar-refractivity contribution in [3.63, 3.8) is 0 Å². The van der Waals surface area contributed by atoms with Crippen molar-refractivity contribution in [2.24, 2.45) is 0 Å². The van der Waals surface area contributed by atoms with Gasteiger partial charge in [-0.2, -0.15) is 0 Å². The number of hydrogen-bond acceptors (Lipinski definition) is 1. The largest absolute Gasteiger partial charge is 0.456 e. The molecule has 7 aromatic carbocycles. The van der Waals surface area contributed by atoms with Crippen molar-refractivity contribution in [3.8, 4) is 39.1 Å². The van der Waals surface area contributed by atoms with Crippen LogP contribution in [-0.4, -0.2) is 4.57 Å². The van der Waals surface area contributed by atoms with Gasteiger partial charge in [-0.1, -0.05) is 133 Å². The summed E-state index contributed by atoms with van der Waals surface area (Å²) in [7, 11) is 0. The second kappa shape index (κ2) is 9.86. The molecule has 0 N–H and O–H groups in total. The summed E-state index contributed by atoms with van der Waals surface area (Å²) in [5.41, 5.74) is 12.5. The van der Waals surface area contributed by atoms with Crippen molar-refractivity contribution >= 4 is 43.7 Å². The van der Waals surface area contributed by atoms with Gasteiger partial charge in [-0.05, 0) is 63.7 Å². The smallest absolute Gasteiger partial charge is 0.137 e. The van der Waals surface area contributed by atoms with E-state index in [1.807, 2.05) is 0 Å². The quantitative estimate of drug-likeness (QED) is 0.209. The fraction of sp³-hybridized carbons (Fsp3) is 0. The van der Waals surface area contributed by atoms with E-state index in [1.54, 1.807) is 0 Å². The Morgan fingerprint density at radius 1 is 0.341 bits per heavy atom. The van der Waals surface area contributed by atoms with E-state index in [9.17, 15) is 0 Å². The van der Waals surface area contributed by atoms with Crippen LogP contribution in [0.5, 0.6) is 0 Å². The van der Waals surface area contributed by atoms with Crippen molar-refractivity contribution < 1.29 is 4.42 Å². The van der Waals surface area contributed by atoms with E-state index in [2.05, 4.69) is 168 Å². The minimum atomic E-state index is 0.891. The van der Waals surface area contributed by atoms with Crippen LogP contribution in [0, 0.1) is 0 Å². The molecule has 2 heteroatoms. The summed E-state index contributed by atoms with van der Waals surface area (Å²) in [6.07, 6.45) is 0. The predicted octanol–water partition coefficient (Wildman–Crippen LogP) is 11.7. The van der Waals surface area contributed by atoms with Crippen LogP contribution in [-0.2, 0) is 0 Å². The zero-order valence-corrected chi connectivity index (χ0v) is 23.9. The lowest BCUT2D eigenvalue weighted by atomic mass is 9.95. The Bertz CT molecular complexity index is 2410. The molecule has 0 atom stereocenters. The van der Waals surface area contributed by atoms with Gasteiger partial charge in [0.15, 0.2) is 0 Å². The molecule has 9 aromatic rings. The lowest BCUT2D eigenvalue weighted by molar-refractivity contribution is 0.669. The fourth-order valence-corrected chi connectivity index (χ4v) is 6.79. The number of benzene rings is 7.